The highest BCUT2D eigenvalue weighted by Gasteiger charge is 2.18. The first kappa shape index (κ1) is 18.2. The number of aromatic nitrogens is 4. The number of halogens is 2. The number of rotatable bonds is 3. The molecular formula is C19H17Cl2N4O+. The monoisotopic (exact) mass is 387 g/mol. The van der Waals surface area contributed by atoms with E-state index in [1.54, 1.807) is 30.6 Å². The van der Waals surface area contributed by atoms with E-state index in [4.69, 9.17) is 23.2 Å². The molecule has 4 aromatic rings. The van der Waals surface area contributed by atoms with Crippen LogP contribution in [0, 0.1) is 0 Å². The van der Waals surface area contributed by atoms with Crippen LogP contribution in [0.25, 0.3) is 22.2 Å². The Hall–Kier alpha value is -2.63. The number of hydrogen-bond acceptors (Lipinski definition) is 2. The summed E-state index contributed by atoms with van der Waals surface area (Å²) in [6, 6.07) is 6.79. The molecule has 0 atom stereocenters. The van der Waals surface area contributed by atoms with Crippen LogP contribution in [-0.4, -0.2) is 20.8 Å². The standard InChI is InChI=1S/C18H12Cl2N4O.CH4/c1-24-9-11(7-23-24)10-4-14-15(8-22-18(14)21-6-10)17(25)13-3-2-12(19)5-16(13)20;/h2-9H,1H3,(H,21,22,25);1H4/p+1. The summed E-state index contributed by atoms with van der Waals surface area (Å²) in [6.45, 7) is 0. The van der Waals surface area contributed by atoms with Gasteiger partial charge in [0.1, 0.15) is 5.65 Å². The van der Waals surface area contributed by atoms with Gasteiger partial charge >= 0.3 is 0 Å². The molecule has 0 saturated heterocycles. The molecule has 0 radical (unpaired) electrons. The SMILES string of the molecule is C.C[n+]1cc(-c2cnc3[nH]cc(C(=O)c4ccc(Cl)cc4Cl)c3c2)c[nH]1. The maximum atomic E-state index is 12.9. The van der Waals surface area contributed by atoms with E-state index in [0.717, 1.165) is 16.5 Å². The zero-order chi connectivity index (χ0) is 17.6. The number of ketones is 1. The Morgan fingerprint density at radius 3 is 2.62 bits per heavy atom. The molecule has 0 aliphatic heterocycles. The zero-order valence-electron chi connectivity index (χ0n) is 13.2. The van der Waals surface area contributed by atoms with Gasteiger partial charge in [0.2, 0.25) is 6.20 Å². The maximum Gasteiger partial charge on any atom is 0.202 e. The van der Waals surface area contributed by atoms with Gasteiger partial charge in [0.05, 0.1) is 16.8 Å². The molecule has 3 aromatic heterocycles. The number of hydrogen-bond donors (Lipinski definition) is 2. The minimum absolute atomic E-state index is 0. The Bertz CT molecular complexity index is 1110. The largest absolute Gasteiger partial charge is 0.345 e. The van der Waals surface area contributed by atoms with Crippen LogP contribution < -0.4 is 4.68 Å². The number of carbonyl (C=O) groups excluding carboxylic acids is 1. The Kier molecular flexibility index (Phi) is 4.85. The van der Waals surface area contributed by atoms with Crippen LogP contribution in [0.4, 0.5) is 0 Å². The van der Waals surface area contributed by atoms with Gasteiger partial charge < -0.3 is 4.98 Å². The first-order valence-corrected chi connectivity index (χ1v) is 8.30. The Morgan fingerprint density at radius 2 is 1.92 bits per heavy atom. The van der Waals surface area contributed by atoms with Crippen molar-refractivity contribution < 1.29 is 9.48 Å². The third kappa shape index (κ3) is 3.11. The normalized spacial score (nSPS) is 10.7. The molecule has 0 aliphatic rings. The summed E-state index contributed by atoms with van der Waals surface area (Å²) in [5.74, 6) is -0.175. The van der Waals surface area contributed by atoms with E-state index in [2.05, 4.69) is 15.1 Å². The van der Waals surface area contributed by atoms with Crippen molar-refractivity contribution in [2.45, 2.75) is 7.43 Å². The topological polar surface area (TPSA) is 65.4 Å². The number of aryl methyl sites for hydroxylation is 1. The van der Waals surface area contributed by atoms with Gasteiger partial charge in [-0.3, -0.25) is 4.79 Å². The molecule has 0 aliphatic carbocycles. The third-order valence-corrected chi connectivity index (χ3v) is 4.59. The number of H-pyrrole nitrogens is 2. The minimum atomic E-state index is -0.175. The Labute approximate surface area is 160 Å². The van der Waals surface area contributed by atoms with Crippen LogP contribution >= 0.6 is 23.2 Å². The van der Waals surface area contributed by atoms with Crippen LogP contribution in [0.5, 0.6) is 0 Å². The Balaban J connectivity index is 0.00000196. The van der Waals surface area contributed by atoms with Gasteiger partial charge in [-0.15, -0.1) is 4.68 Å². The van der Waals surface area contributed by atoms with Crippen molar-refractivity contribution in [2.75, 3.05) is 0 Å². The summed E-state index contributed by atoms with van der Waals surface area (Å²) in [6.07, 6.45) is 7.26. The first-order valence-electron chi connectivity index (χ1n) is 7.54. The third-order valence-electron chi connectivity index (χ3n) is 4.04. The fraction of sp³-hybridized carbons (Fsp3) is 0.105. The predicted octanol–water partition coefficient (Wildman–Crippen LogP) is 4.56. The van der Waals surface area contributed by atoms with E-state index in [1.165, 1.54) is 0 Å². The van der Waals surface area contributed by atoms with E-state index in [0.29, 0.717) is 26.8 Å². The number of aromatic amines is 2. The first-order chi connectivity index (χ1) is 12.0. The van der Waals surface area contributed by atoms with Crippen molar-refractivity contribution in [3.05, 3.63) is 70.2 Å². The van der Waals surface area contributed by atoms with Crippen molar-refractivity contribution in [1.82, 2.24) is 15.1 Å². The zero-order valence-corrected chi connectivity index (χ0v) is 14.7. The lowest BCUT2D eigenvalue weighted by molar-refractivity contribution is -0.726. The molecule has 0 fully saturated rings. The van der Waals surface area contributed by atoms with Crippen molar-refractivity contribution in [2.24, 2.45) is 7.05 Å². The smallest absolute Gasteiger partial charge is 0.202 e. The quantitative estimate of drug-likeness (QED) is 0.399. The molecule has 5 nitrogen and oxygen atoms in total. The summed E-state index contributed by atoms with van der Waals surface area (Å²) in [5, 5.41) is 4.63. The molecule has 7 heteroatoms. The lowest BCUT2D eigenvalue weighted by Crippen LogP contribution is -2.27. The van der Waals surface area contributed by atoms with Gasteiger partial charge in [0.15, 0.2) is 12.8 Å². The summed E-state index contributed by atoms with van der Waals surface area (Å²) < 4.78 is 1.84. The number of benzene rings is 1. The summed E-state index contributed by atoms with van der Waals surface area (Å²) in [4.78, 5) is 20.4. The number of nitrogens with zero attached hydrogens (tertiary/aromatic N) is 2. The summed E-state index contributed by atoms with van der Waals surface area (Å²) in [5.41, 5.74) is 3.48. The second-order valence-corrected chi connectivity index (χ2v) is 6.59. The van der Waals surface area contributed by atoms with Crippen molar-refractivity contribution in [3.8, 4) is 11.1 Å². The molecule has 2 N–H and O–H groups in total. The van der Waals surface area contributed by atoms with Gasteiger partial charge in [-0.1, -0.05) is 30.6 Å². The van der Waals surface area contributed by atoms with E-state index in [-0.39, 0.29) is 13.2 Å². The van der Waals surface area contributed by atoms with Gasteiger partial charge in [0, 0.05) is 39.5 Å². The van der Waals surface area contributed by atoms with Crippen molar-refractivity contribution in [3.63, 3.8) is 0 Å². The van der Waals surface area contributed by atoms with Crippen LogP contribution in [0.3, 0.4) is 0 Å². The average Bonchev–Trinajstić information content (AvgIpc) is 3.20. The molecule has 0 bridgehead atoms. The molecule has 1 aromatic carbocycles. The molecular weight excluding hydrogens is 371 g/mol. The fourth-order valence-corrected chi connectivity index (χ4v) is 3.27. The molecule has 0 amide bonds. The average molecular weight is 388 g/mol. The van der Waals surface area contributed by atoms with Gasteiger partial charge in [-0.2, -0.15) is 5.10 Å². The lowest BCUT2D eigenvalue weighted by atomic mass is 10.0. The second kappa shape index (κ2) is 6.94. The number of fused-ring (bicyclic) bond motifs is 1. The number of nitrogens with one attached hydrogen (secondary N) is 2. The van der Waals surface area contributed by atoms with Crippen LogP contribution in [0.2, 0.25) is 10.0 Å². The van der Waals surface area contributed by atoms with Crippen molar-refractivity contribution >= 4 is 40.0 Å². The van der Waals surface area contributed by atoms with Gasteiger partial charge in [-0.05, 0) is 24.3 Å². The summed E-state index contributed by atoms with van der Waals surface area (Å²) in [7, 11) is 1.91. The molecule has 0 spiro atoms. The van der Waals surface area contributed by atoms with Gasteiger partial charge in [0.25, 0.3) is 0 Å². The molecule has 4 rings (SSSR count). The molecule has 0 saturated carbocycles. The van der Waals surface area contributed by atoms with E-state index in [9.17, 15) is 4.79 Å². The molecule has 132 valence electrons. The highest BCUT2D eigenvalue weighted by atomic mass is 35.5. The minimum Gasteiger partial charge on any atom is -0.345 e. The van der Waals surface area contributed by atoms with E-state index in [1.807, 2.05) is 30.2 Å². The van der Waals surface area contributed by atoms with Crippen LogP contribution in [0.1, 0.15) is 23.3 Å². The second-order valence-electron chi connectivity index (χ2n) is 5.74. The fourth-order valence-electron chi connectivity index (χ4n) is 2.78. The van der Waals surface area contributed by atoms with Crippen LogP contribution in [-0.2, 0) is 7.05 Å². The molecule has 3 heterocycles. The van der Waals surface area contributed by atoms with Gasteiger partial charge in [-0.25, -0.2) is 4.98 Å². The molecule has 26 heavy (non-hydrogen) atoms. The lowest BCUT2D eigenvalue weighted by Gasteiger charge is -2.04. The highest BCUT2D eigenvalue weighted by molar-refractivity contribution is 6.38. The van der Waals surface area contributed by atoms with Crippen LogP contribution in [0.15, 0.2) is 49.1 Å². The number of carbonyl (C=O) groups is 1. The summed E-state index contributed by atoms with van der Waals surface area (Å²) >= 11 is 12.1. The number of pyridine rings is 1. The highest BCUT2D eigenvalue weighted by Crippen LogP contribution is 2.28. The predicted molar refractivity (Wildman–Crippen MR) is 104 cm³/mol. The maximum absolute atomic E-state index is 12.9. The molecule has 0 unspecified atom stereocenters. The van der Waals surface area contributed by atoms with Crippen molar-refractivity contribution in [1.29, 1.82) is 0 Å². The van der Waals surface area contributed by atoms with E-state index >= 15 is 0 Å². The van der Waals surface area contributed by atoms with E-state index < -0.39 is 0 Å². The Morgan fingerprint density at radius 1 is 1.12 bits per heavy atom.